The van der Waals surface area contributed by atoms with Gasteiger partial charge in [-0.1, -0.05) is 6.92 Å². The van der Waals surface area contributed by atoms with E-state index in [9.17, 15) is 10.2 Å². The van der Waals surface area contributed by atoms with E-state index in [1.807, 2.05) is 0 Å². The van der Waals surface area contributed by atoms with Crippen molar-refractivity contribution in [3.8, 4) is 0 Å². The van der Waals surface area contributed by atoms with E-state index in [1.165, 1.54) is 12.3 Å². The van der Waals surface area contributed by atoms with E-state index in [0.717, 1.165) is 32.1 Å². The molecule has 4 aliphatic rings. The van der Waals surface area contributed by atoms with Gasteiger partial charge in [-0.15, -0.1) is 0 Å². The summed E-state index contributed by atoms with van der Waals surface area (Å²) < 4.78 is 0. The number of hydrogen-bond acceptors (Lipinski definition) is 2. The average molecular weight is 195 g/mol. The molecule has 0 amide bonds. The molecule has 4 fully saturated rings. The zero-order valence-electron chi connectivity index (χ0n) is 8.84. The molecule has 0 aromatic heterocycles. The highest BCUT2D eigenvalue weighted by molar-refractivity contribution is 5.22. The van der Waals surface area contributed by atoms with E-state index in [0.29, 0.717) is 0 Å². The topological polar surface area (TPSA) is 40.5 Å². The van der Waals surface area contributed by atoms with Gasteiger partial charge < -0.3 is 10.2 Å². The highest BCUT2D eigenvalue weighted by Gasteiger charge is 2.61. The Morgan fingerprint density at radius 2 is 1.93 bits per heavy atom. The van der Waals surface area contributed by atoms with Gasteiger partial charge in [0.2, 0.25) is 0 Å². The van der Waals surface area contributed by atoms with Crippen LogP contribution in [-0.2, 0) is 0 Å². The second-order valence-corrected chi connectivity index (χ2v) is 6.50. The molecule has 14 heavy (non-hydrogen) atoms. The van der Waals surface area contributed by atoms with Gasteiger partial charge >= 0.3 is 0 Å². The fourth-order valence-corrected chi connectivity index (χ4v) is 4.91. The molecule has 4 rings (SSSR count). The lowest BCUT2D eigenvalue weighted by Crippen LogP contribution is -2.59. The minimum absolute atomic E-state index is 0.0353. The second kappa shape index (κ2) is 2.35. The molecular formula is C12H19O2. The third-order valence-corrected chi connectivity index (χ3v) is 4.48. The molecule has 0 aromatic rings. The molecule has 1 radical (unpaired) electrons. The van der Waals surface area contributed by atoms with Crippen molar-refractivity contribution in [3.05, 3.63) is 5.92 Å². The molecule has 2 heteroatoms. The van der Waals surface area contributed by atoms with Crippen LogP contribution in [0.2, 0.25) is 0 Å². The van der Waals surface area contributed by atoms with Crippen LogP contribution < -0.4 is 0 Å². The van der Waals surface area contributed by atoms with Gasteiger partial charge in [-0.2, -0.15) is 0 Å². The van der Waals surface area contributed by atoms with E-state index in [-0.39, 0.29) is 17.4 Å². The van der Waals surface area contributed by atoms with Gasteiger partial charge in [-0.3, -0.25) is 0 Å². The first-order valence-electron chi connectivity index (χ1n) is 5.64. The molecule has 0 aromatic carbocycles. The molecule has 3 unspecified atom stereocenters. The van der Waals surface area contributed by atoms with E-state index in [4.69, 9.17) is 0 Å². The first-order valence-corrected chi connectivity index (χ1v) is 5.64. The van der Waals surface area contributed by atoms with Crippen molar-refractivity contribution in [1.29, 1.82) is 0 Å². The van der Waals surface area contributed by atoms with E-state index < -0.39 is 5.60 Å². The maximum absolute atomic E-state index is 10.4. The molecule has 3 atom stereocenters. The van der Waals surface area contributed by atoms with E-state index >= 15 is 0 Å². The predicted octanol–water partition coefficient (Wildman–Crippen LogP) is 1.66. The van der Waals surface area contributed by atoms with E-state index in [1.54, 1.807) is 0 Å². The van der Waals surface area contributed by atoms with Crippen LogP contribution >= 0.6 is 0 Å². The van der Waals surface area contributed by atoms with Crippen LogP contribution in [0.25, 0.3) is 0 Å². The minimum Gasteiger partial charge on any atom is -0.396 e. The predicted molar refractivity (Wildman–Crippen MR) is 53.5 cm³/mol. The van der Waals surface area contributed by atoms with Gasteiger partial charge in [0.05, 0.1) is 5.60 Å². The molecule has 0 saturated heterocycles. The van der Waals surface area contributed by atoms with Crippen LogP contribution in [0.1, 0.15) is 45.4 Å². The number of rotatable bonds is 1. The smallest absolute Gasteiger partial charge is 0.0664 e. The summed E-state index contributed by atoms with van der Waals surface area (Å²) in [4.78, 5) is 0. The Hall–Kier alpha value is -0.0800. The lowest BCUT2D eigenvalue weighted by atomic mass is 9.43. The molecule has 0 heterocycles. The summed E-state index contributed by atoms with van der Waals surface area (Å²) in [5, 5.41) is 20.0. The Morgan fingerprint density at radius 3 is 2.50 bits per heavy atom. The summed E-state index contributed by atoms with van der Waals surface area (Å²) >= 11 is 0. The molecule has 0 spiro atoms. The fourth-order valence-electron chi connectivity index (χ4n) is 4.91. The van der Waals surface area contributed by atoms with Gasteiger partial charge in [0.1, 0.15) is 0 Å². The van der Waals surface area contributed by atoms with Crippen molar-refractivity contribution in [2.24, 2.45) is 10.8 Å². The highest BCUT2D eigenvalue weighted by atomic mass is 16.3. The first kappa shape index (κ1) is 9.17. The maximum Gasteiger partial charge on any atom is 0.0664 e. The van der Waals surface area contributed by atoms with Crippen LogP contribution in [0.3, 0.4) is 0 Å². The maximum atomic E-state index is 10.4. The van der Waals surface area contributed by atoms with Gasteiger partial charge in [0.25, 0.3) is 0 Å². The standard InChI is InChI=1S/C12H19O2/c1-10-2-9-3-11(5-10,8-13)7-12(14,4-9)6-10/h13-14H,2-8H2,1H3. The van der Waals surface area contributed by atoms with Crippen LogP contribution in [0.4, 0.5) is 0 Å². The van der Waals surface area contributed by atoms with Crippen molar-refractivity contribution in [2.75, 3.05) is 6.61 Å². The SMILES string of the molecule is CC12C[C]3CC(O)(C1)CC(CO)(C3)C2. The first-order chi connectivity index (χ1) is 6.47. The van der Waals surface area contributed by atoms with Crippen molar-refractivity contribution in [1.82, 2.24) is 0 Å². The second-order valence-electron chi connectivity index (χ2n) is 6.50. The molecule has 0 aliphatic heterocycles. The molecule has 4 saturated carbocycles. The van der Waals surface area contributed by atoms with Crippen molar-refractivity contribution >= 4 is 0 Å². The average Bonchev–Trinajstić information content (AvgIpc) is 1.97. The zero-order valence-corrected chi connectivity index (χ0v) is 8.84. The molecule has 2 nitrogen and oxygen atoms in total. The van der Waals surface area contributed by atoms with Crippen LogP contribution in [0.15, 0.2) is 0 Å². The van der Waals surface area contributed by atoms with Gasteiger partial charge in [0.15, 0.2) is 0 Å². The highest BCUT2D eigenvalue weighted by Crippen LogP contribution is 2.66. The third kappa shape index (κ3) is 1.10. The lowest BCUT2D eigenvalue weighted by Gasteiger charge is -2.63. The summed E-state index contributed by atoms with van der Waals surface area (Å²) in [5.41, 5.74) is -0.156. The summed E-state index contributed by atoms with van der Waals surface area (Å²) in [6.07, 6.45) is 6.06. The Bertz CT molecular complexity index is 255. The summed E-state index contributed by atoms with van der Waals surface area (Å²) in [6, 6.07) is 0. The monoisotopic (exact) mass is 195 g/mol. The van der Waals surface area contributed by atoms with Crippen LogP contribution in [-0.4, -0.2) is 22.4 Å². The van der Waals surface area contributed by atoms with Crippen LogP contribution in [0.5, 0.6) is 0 Å². The Morgan fingerprint density at radius 1 is 1.14 bits per heavy atom. The Balaban J connectivity index is 2.01. The number of aliphatic hydroxyl groups is 2. The molecule has 2 N–H and O–H groups in total. The number of hydrogen-bond donors (Lipinski definition) is 2. The zero-order chi connectivity index (χ0) is 10.0. The Labute approximate surface area is 85.3 Å². The normalized spacial score (nSPS) is 56.8. The van der Waals surface area contributed by atoms with Gasteiger partial charge in [-0.25, -0.2) is 0 Å². The van der Waals surface area contributed by atoms with Crippen molar-refractivity contribution in [2.45, 2.75) is 51.0 Å². The van der Waals surface area contributed by atoms with Gasteiger partial charge in [-0.05, 0) is 55.3 Å². The quantitative estimate of drug-likeness (QED) is 0.668. The molecule has 79 valence electrons. The lowest BCUT2D eigenvalue weighted by molar-refractivity contribution is -0.168. The van der Waals surface area contributed by atoms with Crippen molar-refractivity contribution in [3.63, 3.8) is 0 Å². The molecule has 4 aliphatic carbocycles. The minimum atomic E-state index is -0.471. The molecule has 4 bridgehead atoms. The largest absolute Gasteiger partial charge is 0.396 e. The van der Waals surface area contributed by atoms with Crippen molar-refractivity contribution < 1.29 is 10.2 Å². The number of aliphatic hydroxyl groups excluding tert-OH is 1. The summed E-state index contributed by atoms with van der Waals surface area (Å²) in [6.45, 7) is 2.54. The Kier molecular flexibility index (Phi) is 1.54. The van der Waals surface area contributed by atoms with E-state index in [2.05, 4.69) is 6.92 Å². The fraction of sp³-hybridized carbons (Fsp3) is 0.917. The third-order valence-electron chi connectivity index (χ3n) is 4.48. The van der Waals surface area contributed by atoms with Gasteiger partial charge in [0, 0.05) is 6.61 Å². The summed E-state index contributed by atoms with van der Waals surface area (Å²) in [5.74, 6) is 1.51. The van der Waals surface area contributed by atoms with Crippen LogP contribution in [0, 0.1) is 16.7 Å². The summed E-state index contributed by atoms with van der Waals surface area (Å²) in [7, 11) is 0. The molecular weight excluding hydrogens is 176 g/mol.